The molecule has 0 aliphatic carbocycles. The van der Waals surface area contributed by atoms with Crippen LogP contribution in [0.15, 0.2) is 29.6 Å². The van der Waals surface area contributed by atoms with Crippen LogP contribution in [-0.2, 0) is 6.42 Å². The second-order valence-corrected chi connectivity index (χ2v) is 8.33. The van der Waals surface area contributed by atoms with Gasteiger partial charge in [-0.15, -0.1) is 22.7 Å². The van der Waals surface area contributed by atoms with Gasteiger partial charge in [0.2, 0.25) is 0 Å². The summed E-state index contributed by atoms with van der Waals surface area (Å²) in [6.45, 7) is 7.05. The summed E-state index contributed by atoms with van der Waals surface area (Å²) in [6, 6.07) is 8.96. The Morgan fingerprint density at radius 3 is 2.50 bits per heavy atom. The van der Waals surface area contributed by atoms with Gasteiger partial charge in [0.05, 0.1) is 0 Å². The van der Waals surface area contributed by atoms with Crippen LogP contribution in [0.3, 0.4) is 0 Å². The zero-order valence-corrected chi connectivity index (χ0v) is 14.5. The first-order chi connectivity index (χ1) is 9.65. The maximum Gasteiger partial charge on any atom is 0.0445 e. The fraction of sp³-hybridized carbons (Fsp3) is 0.556. The largest absolute Gasteiger partial charge is 0.143 e. The van der Waals surface area contributed by atoms with E-state index in [1.54, 1.807) is 4.88 Å². The monoisotopic (exact) mass is 306 g/mol. The van der Waals surface area contributed by atoms with E-state index in [9.17, 15) is 0 Å². The van der Waals surface area contributed by atoms with Crippen molar-refractivity contribution in [3.63, 3.8) is 0 Å². The fourth-order valence-electron chi connectivity index (χ4n) is 2.47. The minimum absolute atomic E-state index is 0.854. The zero-order chi connectivity index (χ0) is 14.4. The Bertz CT molecular complexity index is 479. The topological polar surface area (TPSA) is 0 Å². The number of hydrogen-bond donors (Lipinski definition) is 0. The van der Waals surface area contributed by atoms with Crippen LogP contribution in [0.4, 0.5) is 0 Å². The van der Waals surface area contributed by atoms with E-state index in [-0.39, 0.29) is 0 Å². The van der Waals surface area contributed by atoms with Crippen molar-refractivity contribution in [3.8, 4) is 9.75 Å². The smallest absolute Gasteiger partial charge is 0.0445 e. The highest BCUT2D eigenvalue weighted by atomic mass is 32.1. The third-order valence-electron chi connectivity index (χ3n) is 3.79. The SMILES string of the molecule is CC(C)CCCC(C)CCc1ccc(-c2cccs2)s1. The number of aryl methyl sites for hydroxylation is 1. The highest BCUT2D eigenvalue weighted by Crippen LogP contribution is 2.32. The third kappa shape index (κ3) is 5.06. The molecule has 2 heteroatoms. The lowest BCUT2D eigenvalue weighted by molar-refractivity contribution is 0.438. The molecule has 0 nitrogen and oxygen atoms in total. The number of hydrogen-bond acceptors (Lipinski definition) is 2. The van der Waals surface area contributed by atoms with Crippen LogP contribution in [0.2, 0.25) is 0 Å². The number of thiophene rings is 2. The Hall–Kier alpha value is -0.600. The van der Waals surface area contributed by atoms with Crippen LogP contribution in [0.1, 0.15) is 51.3 Å². The predicted octanol–water partition coefficient (Wildman–Crippen LogP) is 6.87. The molecule has 0 amide bonds. The molecule has 0 saturated heterocycles. The average molecular weight is 307 g/mol. The van der Waals surface area contributed by atoms with Gasteiger partial charge in [-0.05, 0) is 48.3 Å². The van der Waals surface area contributed by atoms with Crippen molar-refractivity contribution >= 4 is 22.7 Å². The van der Waals surface area contributed by atoms with Crippen LogP contribution in [0, 0.1) is 11.8 Å². The summed E-state index contributed by atoms with van der Waals surface area (Å²) < 4.78 is 0. The highest BCUT2D eigenvalue weighted by molar-refractivity contribution is 7.21. The Balaban J connectivity index is 1.74. The summed E-state index contributed by atoms with van der Waals surface area (Å²) in [7, 11) is 0. The minimum atomic E-state index is 0.854. The second kappa shape index (κ2) is 7.99. The molecule has 2 heterocycles. The van der Waals surface area contributed by atoms with E-state index in [1.807, 2.05) is 22.7 Å². The van der Waals surface area contributed by atoms with E-state index in [0.717, 1.165) is 11.8 Å². The first-order valence-electron chi connectivity index (χ1n) is 7.77. The van der Waals surface area contributed by atoms with Gasteiger partial charge in [0.1, 0.15) is 0 Å². The average Bonchev–Trinajstić information content (AvgIpc) is 3.06. The molecule has 1 atom stereocenters. The summed E-state index contributed by atoms with van der Waals surface area (Å²) in [5.41, 5.74) is 0. The Kier molecular flexibility index (Phi) is 6.31. The lowest BCUT2D eigenvalue weighted by atomic mass is 9.96. The van der Waals surface area contributed by atoms with Crippen molar-refractivity contribution in [1.82, 2.24) is 0 Å². The molecule has 2 aromatic rings. The maximum atomic E-state index is 2.41. The molecule has 0 fully saturated rings. The van der Waals surface area contributed by atoms with Crippen molar-refractivity contribution < 1.29 is 0 Å². The van der Waals surface area contributed by atoms with Gasteiger partial charge >= 0.3 is 0 Å². The summed E-state index contributed by atoms with van der Waals surface area (Å²) in [5.74, 6) is 1.72. The highest BCUT2D eigenvalue weighted by Gasteiger charge is 2.07. The molecule has 0 bridgehead atoms. The minimum Gasteiger partial charge on any atom is -0.143 e. The quantitative estimate of drug-likeness (QED) is 0.499. The molecule has 0 aliphatic heterocycles. The molecule has 0 spiro atoms. The normalized spacial score (nSPS) is 13.0. The van der Waals surface area contributed by atoms with Crippen LogP contribution in [0.25, 0.3) is 9.75 Å². The van der Waals surface area contributed by atoms with Crippen LogP contribution >= 0.6 is 22.7 Å². The summed E-state index contributed by atoms with van der Waals surface area (Å²) in [6.07, 6.45) is 6.75. The standard InChI is InChI=1S/C18H26S2/c1-14(2)6-4-7-15(3)9-10-16-11-12-18(20-16)17-8-5-13-19-17/h5,8,11-15H,4,6-7,9-10H2,1-3H3. The van der Waals surface area contributed by atoms with Gasteiger partial charge in [0, 0.05) is 14.6 Å². The molecule has 110 valence electrons. The van der Waals surface area contributed by atoms with E-state index in [2.05, 4.69) is 50.4 Å². The van der Waals surface area contributed by atoms with Gasteiger partial charge in [0.25, 0.3) is 0 Å². The van der Waals surface area contributed by atoms with Gasteiger partial charge in [0.15, 0.2) is 0 Å². The molecule has 0 aromatic carbocycles. The Labute approximate surface area is 131 Å². The van der Waals surface area contributed by atoms with E-state index < -0.39 is 0 Å². The fourth-order valence-corrected chi connectivity index (χ4v) is 4.33. The Morgan fingerprint density at radius 1 is 0.950 bits per heavy atom. The van der Waals surface area contributed by atoms with Crippen molar-refractivity contribution in [2.75, 3.05) is 0 Å². The summed E-state index contributed by atoms with van der Waals surface area (Å²) >= 11 is 3.81. The van der Waals surface area contributed by atoms with Crippen LogP contribution in [0.5, 0.6) is 0 Å². The van der Waals surface area contributed by atoms with Crippen molar-refractivity contribution in [3.05, 3.63) is 34.5 Å². The van der Waals surface area contributed by atoms with Gasteiger partial charge in [-0.3, -0.25) is 0 Å². The van der Waals surface area contributed by atoms with Crippen molar-refractivity contribution in [2.24, 2.45) is 11.8 Å². The lowest BCUT2D eigenvalue weighted by Gasteiger charge is -2.11. The van der Waals surface area contributed by atoms with Crippen molar-refractivity contribution in [2.45, 2.75) is 52.9 Å². The summed E-state index contributed by atoms with van der Waals surface area (Å²) in [5, 5.41) is 2.16. The van der Waals surface area contributed by atoms with Gasteiger partial charge < -0.3 is 0 Å². The maximum absolute atomic E-state index is 2.41. The number of rotatable bonds is 8. The van der Waals surface area contributed by atoms with Gasteiger partial charge in [-0.2, -0.15) is 0 Å². The first kappa shape index (κ1) is 15.8. The van der Waals surface area contributed by atoms with Crippen molar-refractivity contribution in [1.29, 1.82) is 0 Å². The molecule has 1 unspecified atom stereocenters. The molecule has 2 rings (SSSR count). The lowest BCUT2D eigenvalue weighted by Crippen LogP contribution is -1.98. The molecule has 2 aromatic heterocycles. The molecule has 0 saturated carbocycles. The summed E-state index contributed by atoms with van der Waals surface area (Å²) in [4.78, 5) is 4.39. The molecule has 0 N–H and O–H groups in total. The van der Waals surface area contributed by atoms with E-state index in [1.165, 1.54) is 41.9 Å². The van der Waals surface area contributed by atoms with E-state index >= 15 is 0 Å². The second-order valence-electron chi connectivity index (χ2n) is 6.21. The molecule has 20 heavy (non-hydrogen) atoms. The van der Waals surface area contributed by atoms with Gasteiger partial charge in [-0.1, -0.05) is 46.1 Å². The van der Waals surface area contributed by atoms with E-state index in [0.29, 0.717) is 0 Å². The van der Waals surface area contributed by atoms with E-state index in [4.69, 9.17) is 0 Å². The predicted molar refractivity (Wildman–Crippen MR) is 93.8 cm³/mol. The van der Waals surface area contributed by atoms with Gasteiger partial charge in [-0.25, -0.2) is 0 Å². The van der Waals surface area contributed by atoms with Crippen LogP contribution in [-0.4, -0.2) is 0 Å². The van der Waals surface area contributed by atoms with Crippen LogP contribution < -0.4 is 0 Å². The Morgan fingerprint density at radius 2 is 1.80 bits per heavy atom. The third-order valence-corrected chi connectivity index (χ3v) is 6.00. The molecular weight excluding hydrogens is 280 g/mol. The zero-order valence-electron chi connectivity index (χ0n) is 12.9. The first-order valence-corrected chi connectivity index (χ1v) is 9.47. The molecular formula is C18H26S2. The molecule has 0 radical (unpaired) electrons. The molecule has 0 aliphatic rings.